The van der Waals surface area contributed by atoms with Crippen LogP contribution in [0.4, 0.5) is 4.79 Å². The van der Waals surface area contributed by atoms with E-state index in [1.54, 1.807) is 0 Å². The zero-order valence-electron chi connectivity index (χ0n) is 17.6. The summed E-state index contributed by atoms with van der Waals surface area (Å²) in [5.41, 5.74) is 4.22. The topological polar surface area (TPSA) is 134 Å². The van der Waals surface area contributed by atoms with Crippen LogP contribution in [0.15, 0.2) is 48.5 Å². The van der Waals surface area contributed by atoms with E-state index in [0.29, 0.717) is 0 Å². The lowest BCUT2D eigenvalue weighted by Gasteiger charge is -2.21. The number of ether oxygens (including phenoxy) is 2. The number of alkyl carbamates (subject to hydrolysis) is 1. The van der Waals surface area contributed by atoms with Gasteiger partial charge < -0.3 is 30.3 Å². The van der Waals surface area contributed by atoms with Crippen LogP contribution in [0.25, 0.3) is 11.1 Å². The highest BCUT2D eigenvalue weighted by Crippen LogP contribution is 2.44. The van der Waals surface area contributed by atoms with Gasteiger partial charge in [0.2, 0.25) is 5.91 Å². The second kappa shape index (κ2) is 10.7. The second-order valence-electron chi connectivity index (χ2n) is 7.46. The Hall–Kier alpha value is -3.43. The third kappa shape index (κ3) is 5.43. The van der Waals surface area contributed by atoms with Crippen LogP contribution in [0.5, 0.6) is 0 Å². The van der Waals surface area contributed by atoms with Gasteiger partial charge in [-0.3, -0.25) is 9.59 Å². The fourth-order valence-electron chi connectivity index (χ4n) is 3.81. The molecule has 32 heavy (non-hydrogen) atoms. The molecule has 0 bridgehead atoms. The Balaban J connectivity index is 1.65. The van der Waals surface area contributed by atoms with Crippen LogP contribution in [0.2, 0.25) is 0 Å². The molecule has 0 spiro atoms. The highest BCUT2D eigenvalue weighted by atomic mass is 16.5. The lowest BCUT2D eigenvalue weighted by molar-refractivity contribution is -0.140. The Morgan fingerprint density at radius 1 is 1.00 bits per heavy atom. The van der Waals surface area contributed by atoms with Crippen molar-refractivity contribution < 1.29 is 34.1 Å². The molecule has 0 heterocycles. The minimum absolute atomic E-state index is 0.0320. The molecule has 0 aromatic heterocycles. The quantitative estimate of drug-likeness (QED) is 0.438. The van der Waals surface area contributed by atoms with Crippen LogP contribution in [0.1, 0.15) is 23.5 Å². The van der Waals surface area contributed by atoms with Gasteiger partial charge in [0, 0.05) is 13.0 Å². The van der Waals surface area contributed by atoms with E-state index >= 15 is 0 Å². The molecule has 2 atom stereocenters. The monoisotopic (exact) mass is 442 g/mol. The molecule has 2 aromatic rings. The third-order valence-corrected chi connectivity index (χ3v) is 5.27. The van der Waals surface area contributed by atoms with Gasteiger partial charge in [-0.15, -0.1) is 0 Å². The lowest BCUT2D eigenvalue weighted by atomic mass is 9.98. The Bertz CT molecular complexity index is 933. The molecule has 1 aliphatic rings. The van der Waals surface area contributed by atoms with E-state index in [1.165, 1.54) is 7.11 Å². The number of carbonyl (C=O) groups is 3. The zero-order chi connectivity index (χ0) is 23.1. The van der Waals surface area contributed by atoms with E-state index in [2.05, 4.69) is 10.6 Å². The van der Waals surface area contributed by atoms with Crippen molar-refractivity contribution in [2.75, 3.05) is 26.9 Å². The fraction of sp³-hybridized carbons (Fsp3) is 0.348. The van der Waals surface area contributed by atoms with Crippen molar-refractivity contribution in [3.8, 4) is 11.1 Å². The number of benzene rings is 2. The molecule has 0 fully saturated rings. The standard InChI is InChI=1S/C23H26N2O7/c1-31-12-14(11-26)24-22(29)20(10-21(27)28)25-23(30)32-13-19-17-8-4-2-6-15(17)16-7-3-5-9-18(16)19/h2-9,14,19-20,26H,10-13H2,1H3,(H,24,29)(H,25,30)(H,27,28). The predicted octanol–water partition coefficient (Wildman–Crippen LogP) is 1.49. The first-order valence-corrected chi connectivity index (χ1v) is 10.2. The van der Waals surface area contributed by atoms with Gasteiger partial charge in [-0.1, -0.05) is 48.5 Å². The molecule has 170 valence electrons. The number of aliphatic carboxylic acids is 1. The van der Waals surface area contributed by atoms with E-state index < -0.39 is 43.1 Å². The van der Waals surface area contributed by atoms with Gasteiger partial charge in [0.15, 0.2) is 0 Å². The highest BCUT2D eigenvalue weighted by Gasteiger charge is 2.30. The number of hydrogen-bond donors (Lipinski definition) is 4. The molecule has 2 unspecified atom stereocenters. The largest absolute Gasteiger partial charge is 0.481 e. The summed E-state index contributed by atoms with van der Waals surface area (Å²) in [5.74, 6) is -2.19. The molecule has 0 radical (unpaired) electrons. The summed E-state index contributed by atoms with van der Waals surface area (Å²) in [4.78, 5) is 36.0. The molecule has 0 saturated carbocycles. The molecule has 0 aliphatic heterocycles. The number of aliphatic hydroxyl groups is 1. The summed E-state index contributed by atoms with van der Waals surface area (Å²) in [7, 11) is 1.40. The number of fused-ring (bicyclic) bond motifs is 3. The van der Waals surface area contributed by atoms with Gasteiger partial charge in [-0.25, -0.2) is 4.79 Å². The second-order valence-corrected chi connectivity index (χ2v) is 7.46. The Kier molecular flexibility index (Phi) is 7.80. The van der Waals surface area contributed by atoms with Crippen LogP contribution < -0.4 is 10.6 Å². The van der Waals surface area contributed by atoms with Crippen molar-refractivity contribution in [3.05, 3.63) is 59.7 Å². The smallest absolute Gasteiger partial charge is 0.407 e. The van der Waals surface area contributed by atoms with Crippen molar-refractivity contribution >= 4 is 18.0 Å². The molecule has 2 aromatic carbocycles. The molecule has 4 N–H and O–H groups in total. The number of methoxy groups -OCH3 is 1. The van der Waals surface area contributed by atoms with Crippen molar-refractivity contribution in [1.82, 2.24) is 10.6 Å². The third-order valence-electron chi connectivity index (χ3n) is 5.27. The van der Waals surface area contributed by atoms with Crippen LogP contribution in [0, 0.1) is 0 Å². The van der Waals surface area contributed by atoms with Gasteiger partial charge in [-0.2, -0.15) is 0 Å². The number of carboxylic acids is 1. The SMILES string of the molecule is COCC(CO)NC(=O)C(CC(=O)O)NC(=O)OCC1c2ccccc2-c2ccccc21. The number of amides is 2. The van der Waals surface area contributed by atoms with Gasteiger partial charge in [-0.05, 0) is 22.3 Å². The number of carbonyl (C=O) groups excluding carboxylic acids is 2. The summed E-state index contributed by atoms with van der Waals surface area (Å²) in [6, 6.07) is 13.6. The average Bonchev–Trinajstić information content (AvgIpc) is 3.10. The van der Waals surface area contributed by atoms with Gasteiger partial charge in [0.05, 0.1) is 25.7 Å². The Labute approximate surface area is 185 Å². The van der Waals surface area contributed by atoms with E-state index in [1.807, 2.05) is 48.5 Å². The van der Waals surface area contributed by atoms with Crippen LogP contribution >= 0.6 is 0 Å². The van der Waals surface area contributed by atoms with Crippen molar-refractivity contribution in [3.63, 3.8) is 0 Å². The summed E-state index contributed by atoms with van der Waals surface area (Å²) >= 11 is 0. The van der Waals surface area contributed by atoms with E-state index in [4.69, 9.17) is 14.6 Å². The van der Waals surface area contributed by atoms with Crippen LogP contribution in [-0.4, -0.2) is 67.2 Å². The Morgan fingerprint density at radius 3 is 2.12 bits per heavy atom. The zero-order valence-corrected chi connectivity index (χ0v) is 17.6. The van der Waals surface area contributed by atoms with Crippen LogP contribution in [-0.2, 0) is 19.1 Å². The molecule has 9 nitrogen and oxygen atoms in total. The summed E-state index contributed by atoms with van der Waals surface area (Å²) in [5, 5.41) is 23.2. The van der Waals surface area contributed by atoms with Crippen molar-refractivity contribution in [2.24, 2.45) is 0 Å². The molecule has 1 aliphatic carbocycles. The number of hydrogen-bond acceptors (Lipinski definition) is 6. The first-order chi connectivity index (χ1) is 15.4. The van der Waals surface area contributed by atoms with E-state index in [-0.39, 0.29) is 19.1 Å². The maximum absolute atomic E-state index is 12.4. The summed E-state index contributed by atoms with van der Waals surface area (Å²) < 4.78 is 10.3. The number of carboxylic acid groups (broad SMARTS) is 1. The Morgan fingerprint density at radius 2 is 1.59 bits per heavy atom. The first-order valence-electron chi connectivity index (χ1n) is 10.2. The molecule has 2 amide bonds. The maximum Gasteiger partial charge on any atom is 0.407 e. The predicted molar refractivity (Wildman–Crippen MR) is 115 cm³/mol. The highest BCUT2D eigenvalue weighted by molar-refractivity contribution is 5.89. The lowest BCUT2D eigenvalue weighted by Crippen LogP contribution is -2.52. The van der Waals surface area contributed by atoms with Crippen molar-refractivity contribution in [1.29, 1.82) is 0 Å². The normalized spacial score (nSPS) is 14.1. The average molecular weight is 442 g/mol. The van der Waals surface area contributed by atoms with Crippen LogP contribution in [0.3, 0.4) is 0 Å². The van der Waals surface area contributed by atoms with E-state index in [0.717, 1.165) is 22.3 Å². The number of nitrogens with one attached hydrogen (secondary N) is 2. The molecule has 9 heteroatoms. The summed E-state index contributed by atoms with van der Waals surface area (Å²) in [6.07, 6.45) is -1.54. The number of aliphatic hydroxyl groups excluding tert-OH is 1. The van der Waals surface area contributed by atoms with Gasteiger partial charge >= 0.3 is 12.1 Å². The first kappa shape index (κ1) is 23.2. The maximum atomic E-state index is 12.4. The summed E-state index contributed by atoms with van der Waals surface area (Å²) in [6.45, 7) is -0.332. The molecular formula is C23H26N2O7. The molecular weight excluding hydrogens is 416 g/mol. The number of rotatable bonds is 10. The minimum atomic E-state index is -1.37. The van der Waals surface area contributed by atoms with Crippen molar-refractivity contribution in [2.45, 2.75) is 24.4 Å². The minimum Gasteiger partial charge on any atom is -0.481 e. The van der Waals surface area contributed by atoms with Gasteiger partial charge in [0.25, 0.3) is 0 Å². The fourth-order valence-corrected chi connectivity index (χ4v) is 3.81. The molecule has 3 rings (SSSR count). The molecule has 0 saturated heterocycles. The van der Waals surface area contributed by atoms with Gasteiger partial charge in [0.1, 0.15) is 12.6 Å². The van der Waals surface area contributed by atoms with E-state index in [9.17, 15) is 19.5 Å².